The molecule has 1 aliphatic heterocycles. The number of carbonyl (C=O) groups excluding carboxylic acids is 4. The van der Waals surface area contributed by atoms with E-state index in [1.165, 1.54) is 19.2 Å². The summed E-state index contributed by atoms with van der Waals surface area (Å²) in [6.45, 7) is 0.0683. The molecule has 0 aliphatic carbocycles. The molecule has 2 aromatic carbocycles. The van der Waals surface area contributed by atoms with Gasteiger partial charge in [0.25, 0.3) is 5.91 Å². The number of rotatable bonds is 6. The summed E-state index contributed by atoms with van der Waals surface area (Å²) >= 11 is 3.43. The van der Waals surface area contributed by atoms with Crippen LogP contribution in [0.2, 0.25) is 0 Å². The van der Waals surface area contributed by atoms with Crippen LogP contribution >= 0.6 is 15.9 Å². The van der Waals surface area contributed by atoms with Gasteiger partial charge in [-0.3, -0.25) is 19.2 Å². The number of nitrogens with zero attached hydrogens (tertiary/aromatic N) is 1. The monoisotopic (exact) mass is 473 g/mol. The third-order valence-corrected chi connectivity index (χ3v) is 5.35. The maximum Gasteiger partial charge on any atom is 0.325 e. The van der Waals surface area contributed by atoms with Crippen molar-refractivity contribution in [3.63, 3.8) is 0 Å². The lowest BCUT2D eigenvalue weighted by Gasteiger charge is -2.18. The predicted molar refractivity (Wildman–Crippen MR) is 114 cm³/mol. The van der Waals surface area contributed by atoms with Crippen molar-refractivity contribution in [1.29, 1.82) is 0 Å². The SMILES string of the molecule is COC(=O)CNC(=O)c1ccc(NC(=O)C2CC(=O)N(c3ccccc3Br)C2)cc1. The number of hydrogen-bond donors (Lipinski definition) is 2. The number of para-hydroxylation sites is 1. The van der Waals surface area contributed by atoms with E-state index < -0.39 is 17.8 Å². The lowest BCUT2D eigenvalue weighted by Crippen LogP contribution is -2.30. The predicted octanol–water partition coefficient (Wildman–Crippen LogP) is 2.34. The molecule has 0 spiro atoms. The van der Waals surface area contributed by atoms with E-state index in [4.69, 9.17) is 0 Å². The van der Waals surface area contributed by atoms with Crippen LogP contribution in [0.5, 0.6) is 0 Å². The fourth-order valence-electron chi connectivity index (χ4n) is 3.06. The number of benzene rings is 2. The first-order valence-corrected chi connectivity index (χ1v) is 9.99. The molecule has 9 heteroatoms. The first kappa shape index (κ1) is 21.5. The van der Waals surface area contributed by atoms with Crippen molar-refractivity contribution < 1.29 is 23.9 Å². The number of ether oxygens (including phenoxy) is 1. The summed E-state index contributed by atoms with van der Waals surface area (Å²) in [5.74, 6) is -1.83. The largest absolute Gasteiger partial charge is 0.468 e. The summed E-state index contributed by atoms with van der Waals surface area (Å²) in [5.41, 5.74) is 1.59. The number of carbonyl (C=O) groups is 4. The number of hydrogen-bond acceptors (Lipinski definition) is 5. The summed E-state index contributed by atoms with van der Waals surface area (Å²) in [7, 11) is 1.24. The highest BCUT2D eigenvalue weighted by Gasteiger charge is 2.35. The third kappa shape index (κ3) is 5.04. The number of nitrogens with one attached hydrogen (secondary N) is 2. The van der Waals surface area contributed by atoms with E-state index in [0.29, 0.717) is 17.8 Å². The number of amides is 3. The van der Waals surface area contributed by atoms with Gasteiger partial charge in [0.1, 0.15) is 6.54 Å². The van der Waals surface area contributed by atoms with Crippen molar-refractivity contribution in [1.82, 2.24) is 5.32 Å². The Hall–Kier alpha value is -3.20. The fourth-order valence-corrected chi connectivity index (χ4v) is 3.56. The number of halogens is 1. The molecule has 1 unspecified atom stereocenters. The van der Waals surface area contributed by atoms with Gasteiger partial charge < -0.3 is 20.3 Å². The van der Waals surface area contributed by atoms with Crippen molar-refractivity contribution in [3.8, 4) is 0 Å². The molecule has 0 bridgehead atoms. The topological polar surface area (TPSA) is 105 Å². The van der Waals surface area contributed by atoms with Gasteiger partial charge in [0.2, 0.25) is 11.8 Å². The second kappa shape index (κ2) is 9.53. The zero-order valence-corrected chi connectivity index (χ0v) is 17.8. The van der Waals surface area contributed by atoms with Gasteiger partial charge >= 0.3 is 5.97 Å². The Morgan fingerprint density at radius 3 is 2.50 bits per heavy atom. The summed E-state index contributed by atoms with van der Waals surface area (Å²) in [5, 5.41) is 5.22. The van der Waals surface area contributed by atoms with Crippen LogP contribution in [-0.4, -0.2) is 43.9 Å². The van der Waals surface area contributed by atoms with Crippen LogP contribution in [0.15, 0.2) is 53.0 Å². The van der Waals surface area contributed by atoms with Crippen LogP contribution in [0.3, 0.4) is 0 Å². The molecule has 2 N–H and O–H groups in total. The number of esters is 1. The number of methoxy groups -OCH3 is 1. The molecule has 8 nitrogen and oxygen atoms in total. The first-order valence-electron chi connectivity index (χ1n) is 9.20. The van der Waals surface area contributed by atoms with Crippen LogP contribution in [0.1, 0.15) is 16.8 Å². The number of anilines is 2. The van der Waals surface area contributed by atoms with Gasteiger partial charge in [-0.25, -0.2) is 0 Å². The van der Waals surface area contributed by atoms with Crippen molar-refractivity contribution in [2.75, 3.05) is 30.4 Å². The normalized spacial score (nSPS) is 15.6. The van der Waals surface area contributed by atoms with E-state index in [2.05, 4.69) is 31.3 Å². The van der Waals surface area contributed by atoms with Gasteiger partial charge in [0.15, 0.2) is 0 Å². The van der Waals surface area contributed by atoms with Crippen LogP contribution in [0.4, 0.5) is 11.4 Å². The molecule has 1 fully saturated rings. The summed E-state index contributed by atoms with van der Waals surface area (Å²) in [6, 6.07) is 13.6. The molecule has 3 amide bonds. The minimum atomic E-state index is -0.546. The summed E-state index contributed by atoms with van der Waals surface area (Å²) < 4.78 is 5.26. The average Bonchev–Trinajstić information content (AvgIpc) is 3.14. The molecule has 1 atom stereocenters. The Morgan fingerprint density at radius 2 is 1.83 bits per heavy atom. The van der Waals surface area contributed by atoms with Gasteiger partial charge in [-0.1, -0.05) is 12.1 Å². The molecule has 1 saturated heterocycles. The highest BCUT2D eigenvalue weighted by molar-refractivity contribution is 9.10. The second-order valence-corrected chi connectivity index (χ2v) is 7.54. The summed E-state index contributed by atoms with van der Waals surface area (Å²) in [6.07, 6.45) is 0.126. The summed E-state index contributed by atoms with van der Waals surface area (Å²) in [4.78, 5) is 49.7. The molecule has 0 saturated carbocycles. The smallest absolute Gasteiger partial charge is 0.325 e. The third-order valence-electron chi connectivity index (χ3n) is 4.67. The van der Waals surface area contributed by atoms with Crippen LogP contribution < -0.4 is 15.5 Å². The Kier molecular flexibility index (Phi) is 6.83. The van der Waals surface area contributed by atoms with E-state index in [1.54, 1.807) is 17.0 Å². The Labute approximate surface area is 181 Å². The van der Waals surface area contributed by atoms with Gasteiger partial charge in [0.05, 0.1) is 18.7 Å². The molecule has 1 aliphatic rings. The second-order valence-electron chi connectivity index (χ2n) is 6.68. The van der Waals surface area contributed by atoms with Crippen LogP contribution in [0, 0.1) is 5.92 Å². The van der Waals surface area contributed by atoms with Gasteiger partial charge in [0, 0.05) is 28.7 Å². The van der Waals surface area contributed by atoms with E-state index in [0.717, 1.165) is 10.2 Å². The lowest BCUT2D eigenvalue weighted by molar-refractivity contribution is -0.139. The maximum atomic E-state index is 12.6. The molecule has 0 radical (unpaired) electrons. The molecule has 156 valence electrons. The van der Waals surface area contributed by atoms with Crippen molar-refractivity contribution >= 4 is 51.0 Å². The van der Waals surface area contributed by atoms with Crippen LogP contribution in [-0.2, 0) is 19.1 Å². The Bertz CT molecular complexity index is 977. The van der Waals surface area contributed by atoms with E-state index in [1.807, 2.05) is 24.3 Å². The fraction of sp³-hybridized carbons (Fsp3) is 0.238. The van der Waals surface area contributed by atoms with Gasteiger partial charge in [-0.2, -0.15) is 0 Å². The van der Waals surface area contributed by atoms with Gasteiger partial charge in [-0.15, -0.1) is 0 Å². The standard InChI is InChI=1S/C21H20BrN3O5/c1-30-19(27)11-23-20(28)13-6-8-15(9-7-13)24-21(29)14-10-18(26)25(12-14)17-5-3-2-4-16(17)22/h2-9,14H,10-12H2,1H3,(H,23,28)(H,24,29). The lowest BCUT2D eigenvalue weighted by atomic mass is 10.1. The van der Waals surface area contributed by atoms with Crippen molar-refractivity contribution in [2.24, 2.45) is 5.92 Å². The minimum Gasteiger partial charge on any atom is -0.468 e. The highest BCUT2D eigenvalue weighted by Crippen LogP contribution is 2.31. The zero-order chi connectivity index (χ0) is 21.7. The first-order chi connectivity index (χ1) is 14.4. The molecule has 0 aromatic heterocycles. The van der Waals surface area contributed by atoms with Crippen molar-refractivity contribution in [2.45, 2.75) is 6.42 Å². The molecular weight excluding hydrogens is 454 g/mol. The van der Waals surface area contributed by atoms with E-state index >= 15 is 0 Å². The van der Waals surface area contributed by atoms with Crippen molar-refractivity contribution in [3.05, 3.63) is 58.6 Å². The van der Waals surface area contributed by atoms with E-state index in [9.17, 15) is 19.2 Å². The van der Waals surface area contributed by atoms with Crippen LogP contribution in [0.25, 0.3) is 0 Å². The Morgan fingerprint density at radius 1 is 1.13 bits per heavy atom. The quantitative estimate of drug-likeness (QED) is 0.626. The molecule has 3 rings (SSSR count). The maximum absolute atomic E-state index is 12.6. The molecule has 2 aromatic rings. The Balaban J connectivity index is 1.58. The zero-order valence-electron chi connectivity index (χ0n) is 16.2. The van der Waals surface area contributed by atoms with E-state index in [-0.39, 0.29) is 24.8 Å². The minimum absolute atomic E-state index is 0.111. The van der Waals surface area contributed by atoms with Gasteiger partial charge in [-0.05, 0) is 52.3 Å². The molecule has 1 heterocycles. The molecular formula is C21H20BrN3O5. The molecule has 30 heavy (non-hydrogen) atoms. The highest BCUT2D eigenvalue weighted by atomic mass is 79.9. The average molecular weight is 474 g/mol.